The zero-order valence-corrected chi connectivity index (χ0v) is 13.2. The van der Waals surface area contributed by atoms with E-state index in [1.165, 1.54) is 29.2 Å². The summed E-state index contributed by atoms with van der Waals surface area (Å²) in [6.07, 6.45) is -5.25. The summed E-state index contributed by atoms with van der Waals surface area (Å²) in [5.74, 6) is -2.09. The first-order valence-corrected chi connectivity index (χ1v) is 7.54. The van der Waals surface area contributed by atoms with Crippen molar-refractivity contribution in [3.8, 4) is 11.4 Å². The van der Waals surface area contributed by atoms with Crippen molar-refractivity contribution in [1.82, 2.24) is 20.4 Å². The van der Waals surface area contributed by atoms with Crippen LogP contribution < -0.4 is 5.32 Å². The van der Waals surface area contributed by atoms with Gasteiger partial charge >= 0.3 is 18.2 Å². The normalized spacial score (nSPS) is 17.3. The Labute approximate surface area is 144 Å². The molecule has 26 heavy (non-hydrogen) atoms. The number of hydrogen-bond acceptors (Lipinski definition) is 5. The standard InChI is InChI=1S/C15H13F3N4O4/c16-15(17,18)13-20-11(21-26-13)8-1-3-9(4-2-8)12(23)19-10-5-6-22(7-10)14(24)25/h1-4,10H,5-7H2,(H,19,23)(H,24,25). The molecule has 1 aliphatic rings. The molecule has 1 saturated heterocycles. The second-order valence-electron chi connectivity index (χ2n) is 5.69. The number of benzene rings is 1. The van der Waals surface area contributed by atoms with Gasteiger partial charge in [-0.3, -0.25) is 4.79 Å². The highest BCUT2D eigenvalue weighted by atomic mass is 19.4. The molecule has 1 unspecified atom stereocenters. The Morgan fingerprint density at radius 1 is 1.27 bits per heavy atom. The van der Waals surface area contributed by atoms with Gasteiger partial charge in [-0.25, -0.2) is 4.79 Å². The zero-order valence-electron chi connectivity index (χ0n) is 13.2. The molecule has 2 N–H and O–H groups in total. The number of carbonyl (C=O) groups is 2. The average molecular weight is 370 g/mol. The quantitative estimate of drug-likeness (QED) is 0.858. The second-order valence-corrected chi connectivity index (χ2v) is 5.69. The first-order valence-electron chi connectivity index (χ1n) is 7.54. The van der Waals surface area contributed by atoms with E-state index >= 15 is 0 Å². The molecule has 0 saturated carbocycles. The minimum absolute atomic E-state index is 0.211. The molecule has 2 amide bonds. The monoisotopic (exact) mass is 370 g/mol. The van der Waals surface area contributed by atoms with Crippen LogP contribution in [0.1, 0.15) is 22.7 Å². The zero-order chi connectivity index (χ0) is 18.9. The first kappa shape index (κ1) is 17.7. The maximum atomic E-state index is 12.5. The van der Waals surface area contributed by atoms with Gasteiger partial charge in [-0.15, -0.1) is 0 Å². The van der Waals surface area contributed by atoms with Gasteiger partial charge < -0.3 is 19.8 Å². The number of halogens is 3. The number of carboxylic acid groups (broad SMARTS) is 1. The van der Waals surface area contributed by atoms with Crippen molar-refractivity contribution >= 4 is 12.0 Å². The van der Waals surface area contributed by atoms with Crippen LogP contribution in [0.2, 0.25) is 0 Å². The molecule has 0 radical (unpaired) electrons. The van der Waals surface area contributed by atoms with Gasteiger partial charge in [0.1, 0.15) is 0 Å². The van der Waals surface area contributed by atoms with Crippen molar-refractivity contribution in [2.45, 2.75) is 18.6 Å². The van der Waals surface area contributed by atoms with Crippen molar-refractivity contribution in [2.75, 3.05) is 13.1 Å². The maximum Gasteiger partial charge on any atom is 0.471 e. The molecule has 2 aromatic rings. The van der Waals surface area contributed by atoms with Crippen LogP contribution in [0, 0.1) is 0 Å². The number of nitrogens with one attached hydrogen (secondary N) is 1. The first-order chi connectivity index (χ1) is 12.2. The fraction of sp³-hybridized carbons (Fsp3) is 0.333. The summed E-state index contributed by atoms with van der Waals surface area (Å²) in [5, 5.41) is 14.9. The Morgan fingerprint density at radius 3 is 2.50 bits per heavy atom. The van der Waals surface area contributed by atoms with Crippen LogP contribution in [-0.2, 0) is 6.18 Å². The summed E-state index contributed by atoms with van der Waals surface area (Å²) in [6.45, 7) is 0.556. The number of amides is 2. The third-order valence-corrected chi connectivity index (χ3v) is 3.87. The summed E-state index contributed by atoms with van der Waals surface area (Å²) >= 11 is 0. The summed E-state index contributed by atoms with van der Waals surface area (Å²) in [5.41, 5.74) is 0.542. The van der Waals surface area contributed by atoms with E-state index in [9.17, 15) is 22.8 Å². The van der Waals surface area contributed by atoms with Gasteiger partial charge in [-0.1, -0.05) is 17.3 Å². The Balaban J connectivity index is 1.65. The Hall–Kier alpha value is -3.11. The lowest BCUT2D eigenvalue weighted by Crippen LogP contribution is -2.38. The van der Waals surface area contributed by atoms with E-state index in [-0.39, 0.29) is 29.5 Å². The highest BCUT2D eigenvalue weighted by Crippen LogP contribution is 2.29. The Kier molecular flexibility index (Phi) is 4.53. The summed E-state index contributed by atoms with van der Waals surface area (Å²) in [7, 11) is 0. The van der Waals surface area contributed by atoms with Gasteiger partial charge in [-0.2, -0.15) is 18.2 Å². The highest BCUT2D eigenvalue weighted by Gasteiger charge is 2.38. The van der Waals surface area contributed by atoms with E-state index in [2.05, 4.69) is 20.0 Å². The fourth-order valence-corrected chi connectivity index (χ4v) is 2.55. The molecule has 138 valence electrons. The van der Waals surface area contributed by atoms with Crippen molar-refractivity contribution in [2.24, 2.45) is 0 Å². The van der Waals surface area contributed by atoms with Gasteiger partial charge in [0, 0.05) is 30.3 Å². The maximum absolute atomic E-state index is 12.5. The molecule has 1 aromatic heterocycles. The summed E-state index contributed by atoms with van der Waals surface area (Å²) in [4.78, 5) is 27.5. The van der Waals surface area contributed by atoms with Crippen LogP contribution in [-0.4, -0.2) is 51.3 Å². The molecule has 2 heterocycles. The lowest BCUT2D eigenvalue weighted by molar-refractivity contribution is -0.159. The predicted octanol–water partition coefficient (Wildman–Crippen LogP) is 2.24. The second kappa shape index (κ2) is 6.65. The molecule has 0 aliphatic carbocycles. The van der Waals surface area contributed by atoms with E-state index in [0.717, 1.165) is 0 Å². The van der Waals surface area contributed by atoms with E-state index in [4.69, 9.17) is 5.11 Å². The fourth-order valence-electron chi connectivity index (χ4n) is 2.55. The Bertz CT molecular complexity index is 819. The number of hydrogen-bond donors (Lipinski definition) is 2. The van der Waals surface area contributed by atoms with Gasteiger partial charge in [0.15, 0.2) is 0 Å². The SMILES string of the molecule is O=C(NC1CCN(C(=O)O)C1)c1ccc(-c2noc(C(F)(F)F)n2)cc1. The Morgan fingerprint density at radius 2 is 1.96 bits per heavy atom. The molecule has 1 fully saturated rings. The number of carbonyl (C=O) groups excluding carboxylic acids is 1. The molecule has 0 bridgehead atoms. The number of rotatable bonds is 3. The number of nitrogens with zero attached hydrogens (tertiary/aromatic N) is 3. The van der Waals surface area contributed by atoms with Gasteiger partial charge in [0.2, 0.25) is 5.82 Å². The molecule has 1 aromatic carbocycles. The number of alkyl halides is 3. The molecule has 1 atom stereocenters. The molecule has 1 aliphatic heterocycles. The molecular weight excluding hydrogens is 357 g/mol. The van der Waals surface area contributed by atoms with E-state index < -0.39 is 24.1 Å². The molecular formula is C15H13F3N4O4. The minimum atomic E-state index is -4.73. The lowest BCUT2D eigenvalue weighted by Gasteiger charge is -2.14. The van der Waals surface area contributed by atoms with Crippen LogP contribution >= 0.6 is 0 Å². The highest BCUT2D eigenvalue weighted by molar-refractivity contribution is 5.94. The van der Waals surface area contributed by atoms with Crippen LogP contribution in [0.15, 0.2) is 28.8 Å². The topological polar surface area (TPSA) is 109 Å². The third-order valence-electron chi connectivity index (χ3n) is 3.87. The van der Waals surface area contributed by atoms with E-state index in [1.54, 1.807) is 0 Å². The molecule has 3 rings (SSSR count). The van der Waals surface area contributed by atoms with Gasteiger partial charge in [0.05, 0.1) is 0 Å². The molecule has 8 nitrogen and oxygen atoms in total. The molecule has 11 heteroatoms. The van der Waals surface area contributed by atoms with Crippen LogP contribution in [0.4, 0.5) is 18.0 Å². The van der Waals surface area contributed by atoms with Crippen molar-refractivity contribution in [3.05, 3.63) is 35.7 Å². The third kappa shape index (κ3) is 3.76. The van der Waals surface area contributed by atoms with E-state index in [0.29, 0.717) is 13.0 Å². The largest absolute Gasteiger partial charge is 0.471 e. The van der Waals surface area contributed by atoms with Crippen molar-refractivity contribution in [1.29, 1.82) is 0 Å². The minimum Gasteiger partial charge on any atom is -0.465 e. The molecule has 0 spiro atoms. The predicted molar refractivity (Wildman–Crippen MR) is 80.2 cm³/mol. The average Bonchev–Trinajstić information content (AvgIpc) is 3.24. The van der Waals surface area contributed by atoms with Gasteiger partial charge in [0.25, 0.3) is 5.91 Å². The van der Waals surface area contributed by atoms with Gasteiger partial charge in [-0.05, 0) is 18.6 Å². The number of likely N-dealkylation sites (tertiary alicyclic amines) is 1. The van der Waals surface area contributed by atoms with Crippen LogP contribution in [0.5, 0.6) is 0 Å². The lowest BCUT2D eigenvalue weighted by atomic mass is 10.1. The van der Waals surface area contributed by atoms with Crippen molar-refractivity contribution in [3.63, 3.8) is 0 Å². The summed E-state index contributed by atoms with van der Waals surface area (Å²) < 4.78 is 41.6. The van der Waals surface area contributed by atoms with Crippen LogP contribution in [0.25, 0.3) is 11.4 Å². The van der Waals surface area contributed by atoms with Crippen LogP contribution in [0.3, 0.4) is 0 Å². The van der Waals surface area contributed by atoms with Crippen molar-refractivity contribution < 1.29 is 32.4 Å². The smallest absolute Gasteiger partial charge is 0.465 e. The summed E-state index contributed by atoms with van der Waals surface area (Å²) in [6, 6.07) is 5.34. The number of aromatic nitrogens is 2. The van der Waals surface area contributed by atoms with E-state index in [1.807, 2.05) is 0 Å².